The third-order valence-electron chi connectivity index (χ3n) is 5.54. The van der Waals surface area contributed by atoms with Gasteiger partial charge in [0.05, 0.1) is 17.0 Å². The number of carbonyl (C=O) groups excluding carboxylic acids is 2. The van der Waals surface area contributed by atoms with Crippen LogP contribution in [0, 0.1) is 6.92 Å². The summed E-state index contributed by atoms with van der Waals surface area (Å²) in [5.41, 5.74) is 2.28. The second kappa shape index (κ2) is 13.1. The highest BCUT2D eigenvalue weighted by Crippen LogP contribution is 2.31. The molecule has 0 fully saturated rings. The quantitative estimate of drug-likeness (QED) is 0.418. The van der Waals surface area contributed by atoms with Gasteiger partial charge in [0.15, 0.2) is 0 Å². The Hall–Kier alpha value is -2.29. The highest BCUT2D eigenvalue weighted by molar-refractivity contribution is 7.92. The molecule has 1 unspecified atom stereocenters. The van der Waals surface area contributed by atoms with Gasteiger partial charge in [0.25, 0.3) is 0 Å². The van der Waals surface area contributed by atoms with Crippen molar-refractivity contribution in [2.75, 3.05) is 23.7 Å². The summed E-state index contributed by atoms with van der Waals surface area (Å²) in [7, 11) is -3.67. The zero-order valence-corrected chi connectivity index (χ0v) is 22.9. The van der Waals surface area contributed by atoms with E-state index in [4.69, 9.17) is 23.2 Å². The predicted molar refractivity (Wildman–Crippen MR) is 142 cm³/mol. The van der Waals surface area contributed by atoms with Crippen molar-refractivity contribution in [3.8, 4) is 0 Å². The summed E-state index contributed by atoms with van der Waals surface area (Å²) in [5, 5.41) is 3.40. The first-order valence-electron chi connectivity index (χ1n) is 11.5. The number of rotatable bonds is 12. The molecule has 192 valence electrons. The fourth-order valence-electron chi connectivity index (χ4n) is 3.76. The van der Waals surface area contributed by atoms with Crippen LogP contribution in [-0.2, 0) is 26.2 Å². The Morgan fingerprint density at radius 2 is 1.71 bits per heavy atom. The number of aryl methyl sites for hydroxylation is 1. The van der Waals surface area contributed by atoms with Crippen molar-refractivity contribution < 1.29 is 18.0 Å². The Bertz CT molecular complexity index is 1120. The molecule has 10 heteroatoms. The molecule has 2 aromatic carbocycles. The van der Waals surface area contributed by atoms with Crippen molar-refractivity contribution in [3.63, 3.8) is 0 Å². The molecule has 35 heavy (non-hydrogen) atoms. The van der Waals surface area contributed by atoms with E-state index in [2.05, 4.69) is 5.32 Å². The molecule has 0 saturated heterocycles. The molecule has 0 radical (unpaired) electrons. The number of sulfonamides is 1. The molecule has 0 aliphatic heterocycles. The molecule has 0 bridgehead atoms. The van der Waals surface area contributed by atoms with Crippen molar-refractivity contribution in [1.29, 1.82) is 0 Å². The Labute approximate surface area is 218 Å². The van der Waals surface area contributed by atoms with Crippen LogP contribution >= 0.6 is 23.2 Å². The zero-order valence-electron chi connectivity index (χ0n) is 20.6. The Morgan fingerprint density at radius 1 is 1.06 bits per heavy atom. The van der Waals surface area contributed by atoms with E-state index in [9.17, 15) is 18.0 Å². The standard InChI is InChI=1S/C25H33Cl2N3O4S/c1-5-22(25(32)28-6-2)29(17-19-11-9-18(3)10-12-19)24(31)8-7-15-30(35(4,33)34)23-16-20(26)13-14-21(23)27/h9-14,16,22H,5-8,15,17H2,1-4H3,(H,28,32). The molecule has 0 saturated carbocycles. The Kier molecular flexibility index (Phi) is 10.9. The van der Waals surface area contributed by atoms with Gasteiger partial charge in [0.1, 0.15) is 6.04 Å². The number of carbonyl (C=O) groups is 2. The van der Waals surface area contributed by atoms with Crippen molar-refractivity contribution in [2.45, 2.75) is 52.6 Å². The number of nitrogens with one attached hydrogen (secondary N) is 1. The molecular formula is C25H33Cl2N3O4S. The van der Waals surface area contributed by atoms with Crippen LogP contribution in [0.3, 0.4) is 0 Å². The first-order valence-corrected chi connectivity index (χ1v) is 14.1. The first-order chi connectivity index (χ1) is 16.5. The highest BCUT2D eigenvalue weighted by atomic mass is 35.5. The summed E-state index contributed by atoms with van der Waals surface area (Å²) in [6, 6.07) is 11.8. The first kappa shape index (κ1) is 28.9. The molecule has 0 aromatic heterocycles. The van der Waals surface area contributed by atoms with E-state index < -0.39 is 16.1 Å². The van der Waals surface area contributed by atoms with E-state index in [1.807, 2.05) is 45.0 Å². The van der Waals surface area contributed by atoms with Crippen molar-refractivity contribution >= 4 is 50.7 Å². The molecule has 2 amide bonds. The van der Waals surface area contributed by atoms with Crippen LogP contribution in [-0.4, -0.2) is 50.5 Å². The zero-order chi connectivity index (χ0) is 26.2. The Morgan fingerprint density at radius 3 is 2.29 bits per heavy atom. The van der Waals surface area contributed by atoms with Crippen LogP contribution in [0.1, 0.15) is 44.2 Å². The summed E-state index contributed by atoms with van der Waals surface area (Å²) < 4.78 is 26.1. The minimum absolute atomic E-state index is 0.0426. The molecule has 2 rings (SSSR count). The lowest BCUT2D eigenvalue weighted by atomic mass is 10.1. The van der Waals surface area contributed by atoms with Gasteiger partial charge in [-0.05, 0) is 50.5 Å². The van der Waals surface area contributed by atoms with Crippen LogP contribution < -0.4 is 9.62 Å². The number of halogens is 2. The fourth-order valence-corrected chi connectivity index (χ4v) is 5.17. The maximum Gasteiger partial charge on any atom is 0.242 e. The summed E-state index contributed by atoms with van der Waals surface area (Å²) in [5.74, 6) is -0.437. The average Bonchev–Trinajstić information content (AvgIpc) is 2.79. The molecule has 2 aromatic rings. The lowest BCUT2D eigenvalue weighted by Gasteiger charge is -2.31. The molecule has 0 spiro atoms. The number of hydrogen-bond donors (Lipinski definition) is 1. The number of likely N-dealkylation sites (N-methyl/N-ethyl adjacent to an activating group) is 1. The predicted octanol–water partition coefficient (Wildman–Crippen LogP) is 4.79. The van der Waals surface area contributed by atoms with Gasteiger partial charge in [-0.15, -0.1) is 0 Å². The fraction of sp³-hybridized carbons (Fsp3) is 0.440. The van der Waals surface area contributed by atoms with E-state index >= 15 is 0 Å². The van der Waals surface area contributed by atoms with Crippen molar-refractivity contribution in [2.24, 2.45) is 0 Å². The molecule has 1 atom stereocenters. The largest absolute Gasteiger partial charge is 0.355 e. The lowest BCUT2D eigenvalue weighted by molar-refractivity contribution is -0.141. The molecule has 0 aliphatic rings. The number of amides is 2. The molecule has 0 aliphatic carbocycles. The van der Waals surface area contributed by atoms with Gasteiger partial charge in [0.2, 0.25) is 21.8 Å². The maximum absolute atomic E-state index is 13.3. The minimum atomic E-state index is -3.67. The monoisotopic (exact) mass is 541 g/mol. The summed E-state index contributed by atoms with van der Waals surface area (Å²) >= 11 is 12.3. The van der Waals surface area contributed by atoms with Gasteiger partial charge >= 0.3 is 0 Å². The number of hydrogen-bond acceptors (Lipinski definition) is 4. The maximum atomic E-state index is 13.3. The van der Waals surface area contributed by atoms with Gasteiger partial charge in [-0.1, -0.05) is 60.0 Å². The third-order valence-corrected chi connectivity index (χ3v) is 7.27. The van der Waals surface area contributed by atoms with E-state index in [1.54, 1.807) is 11.0 Å². The van der Waals surface area contributed by atoms with Crippen LogP contribution in [0.25, 0.3) is 0 Å². The Balaban J connectivity index is 2.23. The van der Waals surface area contributed by atoms with Crippen LogP contribution in [0.4, 0.5) is 5.69 Å². The van der Waals surface area contributed by atoms with Crippen LogP contribution in [0.15, 0.2) is 42.5 Å². The topological polar surface area (TPSA) is 86.8 Å². The number of anilines is 1. The van der Waals surface area contributed by atoms with Gasteiger partial charge < -0.3 is 10.2 Å². The normalized spacial score (nSPS) is 12.2. The van der Waals surface area contributed by atoms with Crippen molar-refractivity contribution in [1.82, 2.24) is 10.2 Å². The molecular weight excluding hydrogens is 509 g/mol. The van der Waals surface area contributed by atoms with Gasteiger partial charge in [-0.25, -0.2) is 8.42 Å². The summed E-state index contributed by atoms with van der Waals surface area (Å²) in [4.78, 5) is 27.6. The molecule has 7 nitrogen and oxygen atoms in total. The van der Waals surface area contributed by atoms with E-state index in [-0.39, 0.29) is 48.5 Å². The van der Waals surface area contributed by atoms with Crippen LogP contribution in [0.2, 0.25) is 10.0 Å². The second-order valence-electron chi connectivity index (χ2n) is 8.36. The number of benzene rings is 2. The van der Waals surface area contributed by atoms with E-state index in [0.29, 0.717) is 18.0 Å². The smallest absolute Gasteiger partial charge is 0.242 e. The van der Waals surface area contributed by atoms with Crippen molar-refractivity contribution in [3.05, 3.63) is 63.6 Å². The summed E-state index contributed by atoms with van der Waals surface area (Å²) in [6.07, 6.45) is 1.84. The third kappa shape index (κ3) is 8.40. The van der Waals surface area contributed by atoms with Gasteiger partial charge in [-0.3, -0.25) is 13.9 Å². The van der Waals surface area contributed by atoms with Gasteiger partial charge in [-0.2, -0.15) is 0 Å². The van der Waals surface area contributed by atoms with E-state index in [0.717, 1.165) is 21.7 Å². The molecule has 1 N–H and O–H groups in total. The SMILES string of the molecule is CCNC(=O)C(CC)N(Cc1ccc(C)cc1)C(=O)CCCN(c1cc(Cl)ccc1Cl)S(C)(=O)=O. The van der Waals surface area contributed by atoms with E-state index in [1.165, 1.54) is 12.1 Å². The number of nitrogens with zero attached hydrogens (tertiary/aromatic N) is 2. The average molecular weight is 543 g/mol. The lowest BCUT2D eigenvalue weighted by Crippen LogP contribution is -2.49. The van der Waals surface area contributed by atoms with Crippen LogP contribution in [0.5, 0.6) is 0 Å². The second-order valence-corrected chi connectivity index (χ2v) is 11.1. The summed E-state index contributed by atoms with van der Waals surface area (Å²) in [6.45, 7) is 6.46. The van der Waals surface area contributed by atoms with Gasteiger partial charge in [0, 0.05) is 31.1 Å². The molecule has 0 heterocycles. The minimum Gasteiger partial charge on any atom is -0.355 e. The highest BCUT2D eigenvalue weighted by Gasteiger charge is 2.28.